The molecule has 1 aromatic rings. The molecule has 1 N–H and O–H groups in total. The summed E-state index contributed by atoms with van der Waals surface area (Å²) < 4.78 is 5.39. The molecule has 2 aliphatic rings. The highest BCUT2D eigenvalue weighted by atomic mass is 35.5. The van der Waals surface area contributed by atoms with Crippen molar-refractivity contribution in [2.24, 2.45) is 17.8 Å². The van der Waals surface area contributed by atoms with Crippen LogP contribution in [0.15, 0.2) is 18.2 Å². The Morgan fingerprint density at radius 2 is 1.87 bits per heavy atom. The third-order valence-electron chi connectivity index (χ3n) is 4.56. The summed E-state index contributed by atoms with van der Waals surface area (Å²) in [4.78, 5) is 13.8. The molecule has 1 saturated carbocycles. The summed E-state index contributed by atoms with van der Waals surface area (Å²) in [6, 6.07) is 5.22. The van der Waals surface area contributed by atoms with Crippen LogP contribution in [0, 0.1) is 17.8 Å². The van der Waals surface area contributed by atoms with E-state index in [9.17, 15) is 9.90 Å². The van der Waals surface area contributed by atoms with E-state index in [1.807, 2.05) is 20.8 Å². The van der Waals surface area contributed by atoms with Gasteiger partial charge in [0.25, 0.3) is 0 Å². The lowest BCUT2D eigenvalue weighted by atomic mass is 10.0. The lowest BCUT2D eigenvalue weighted by molar-refractivity contribution is 0.0241. The molecule has 3 unspecified atom stereocenters. The fourth-order valence-corrected chi connectivity index (χ4v) is 3.74. The monoisotopic (exact) mass is 357 g/mol. The van der Waals surface area contributed by atoms with Crippen LogP contribution in [0.1, 0.15) is 32.4 Å². The van der Waals surface area contributed by atoms with Crippen LogP contribution in [0.5, 0.6) is 0 Å². The Morgan fingerprint density at radius 3 is 2.39 bits per heavy atom. The van der Waals surface area contributed by atoms with E-state index in [2.05, 4.69) is 0 Å². The van der Waals surface area contributed by atoms with Crippen molar-refractivity contribution in [1.29, 1.82) is 0 Å². The quantitative estimate of drug-likeness (QED) is 0.865. The average Bonchev–Trinajstić information content (AvgIpc) is 2.92. The molecule has 1 aromatic carbocycles. The summed E-state index contributed by atoms with van der Waals surface area (Å²) in [5.41, 5.74) is 0.297. The smallest absolute Gasteiger partial charge is 0.410 e. The van der Waals surface area contributed by atoms with Gasteiger partial charge in [0, 0.05) is 13.1 Å². The Balaban J connectivity index is 1.59. The molecular formula is C17H21Cl2NO3. The summed E-state index contributed by atoms with van der Waals surface area (Å²) in [7, 11) is 0. The Morgan fingerprint density at radius 1 is 1.26 bits per heavy atom. The van der Waals surface area contributed by atoms with Crippen LogP contribution in [0.25, 0.3) is 0 Å². The molecule has 0 aromatic heterocycles. The number of aliphatic hydroxyl groups is 1. The first-order valence-corrected chi connectivity index (χ1v) is 8.54. The zero-order valence-corrected chi connectivity index (χ0v) is 14.9. The van der Waals surface area contributed by atoms with Crippen molar-refractivity contribution in [2.45, 2.75) is 32.5 Å². The van der Waals surface area contributed by atoms with E-state index >= 15 is 0 Å². The first kappa shape index (κ1) is 16.9. The maximum Gasteiger partial charge on any atom is 0.410 e. The van der Waals surface area contributed by atoms with Crippen LogP contribution in [0.4, 0.5) is 4.79 Å². The van der Waals surface area contributed by atoms with Crippen LogP contribution in [-0.2, 0) is 4.74 Å². The molecule has 6 heteroatoms. The number of ether oxygens (including phenoxy) is 1. The maximum absolute atomic E-state index is 12.1. The van der Waals surface area contributed by atoms with Crippen LogP contribution in [-0.4, -0.2) is 34.8 Å². The van der Waals surface area contributed by atoms with Crippen molar-refractivity contribution in [3.05, 3.63) is 33.8 Å². The van der Waals surface area contributed by atoms with Gasteiger partial charge in [-0.05, 0) is 56.2 Å². The number of amides is 1. The number of piperidine rings is 1. The van der Waals surface area contributed by atoms with Crippen molar-refractivity contribution < 1.29 is 14.6 Å². The largest absolute Gasteiger partial charge is 0.444 e. The second-order valence-electron chi connectivity index (χ2n) is 7.41. The third kappa shape index (κ3) is 3.44. The third-order valence-corrected chi connectivity index (χ3v) is 5.30. The maximum atomic E-state index is 12.1. The number of nitrogens with zero attached hydrogens (tertiary/aromatic N) is 1. The molecule has 0 spiro atoms. The summed E-state index contributed by atoms with van der Waals surface area (Å²) in [5, 5.41) is 11.5. The van der Waals surface area contributed by atoms with E-state index in [-0.39, 0.29) is 12.0 Å². The summed E-state index contributed by atoms with van der Waals surface area (Å²) in [5.74, 6) is 0.824. The van der Waals surface area contributed by atoms with E-state index in [1.165, 1.54) is 0 Å². The van der Waals surface area contributed by atoms with Gasteiger partial charge in [0.05, 0.1) is 16.1 Å². The van der Waals surface area contributed by atoms with Gasteiger partial charge in [-0.3, -0.25) is 0 Å². The van der Waals surface area contributed by atoms with Crippen LogP contribution < -0.4 is 0 Å². The number of carbonyl (C=O) groups is 1. The minimum absolute atomic E-state index is 0.172. The second kappa shape index (κ2) is 5.83. The van der Waals surface area contributed by atoms with E-state index in [1.54, 1.807) is 23.1 Å². The summed E-state index contributed by atoms with van der Waals surface area (Å²) in [6.07, 6.45) is -0.840. The van der Waals surface area contributed by atoms with Crippen molar-refractivity contribution in [3.8, 4) is 0 Å². The molecule has 3 rings (SSSR count). The average molecular weight is 358 g/mol. The molecule has 126 valence electrons. The molecule has 23 heavy (non-hydrogen) atoms. The fourth-order valence-electron chi connectivity index (χ4n) is 3.43. The van der Waals surface area contributed by atoms with Crippen molar-refractivity contribution in [2.75, 3.05) is 13.1 Å². The molecule has 1 amide bonds. The van der Waals surface area contributed by atoms with E-state index in [0.717, 1.165) is 5.56 Å². The molecule has 1 heterocycles. The Kier molecular flexibility index (Phi) is 4.28. The molecule has 4 nitrogen and oxygen atoms in total. The molecule has 0 radical (unpaired) electrons. The number of benzene rings is 1. The predicted octanol–water partition coefficient (Wildman–Crippen LogP) is 4.14. The van der Waals surface area contributed by atoms with Gasteiger partial charge in [-0.1, -0.05) is 29.3 Å². The van der Waals surface area contributed by atoms with E-state index in [4.69, 9.17) is 27.9 Å². The highest BCUT2D eigenvalue weighted by Crippen LogP contribution is 2.57. The zero-order valence-electron chi connectivity index (χ0n) is 13.4. The van der Waals surface area contributed by atoms with Gasteiger partial charge < -0.3 is 14.7 Å². The predicted molar refractivity (Wildman–Crippen MR) is 89.7 cm³/mol. The molecule has 0 bridgehead atoms. The number of halogens is 2. The van der Waals surface area contributed by atoms with Gasteiger partial charge >= 0.3 is 6.09 Å². The zero-order chi connectivity index (χ0) is 16.9. The molecule has 2 fully saturated rings. The Hall–Kier alpha value is -0.970. The van der Waals surface area contributed by atoms with Crippen molar-refractivity contribution in [1.82, 2.24) is 4.90 Å². The van der Waals surface area contributed by atoms with Crippen molar-refractivity contribution >= 4 is 29.3 Å². The van der Waals surface area contributed by atoms with E-state index in [0.29, 0.717) is 35.0 Å². The highest BCUT2D eigenvalue weighted by Gasteiger charge is 2.60. The fraction of sp³-hybridized carbons (Fsp3) is 0.588. The van der Waals surface area contributed by atoms with Gasteiger partial charge in [0.15, 0.2) is 0 Å². The standard InChI is InChI=1S/C17H21Cl2NO3/c1-17(2,3)23-16(22)20-7-10-11(8-20)14(10)15(21)9-4-5-12(18)13(19)6-9/h4-6,10-11,14-15,21H,7-8H2,1-3H3. The number of carbonyl (C=O) groups excluding carboxylic acids is 1. The summed E-state index contributed by atoms with van der Waals surface area (Å²) in [6.45, 7) is 6.86. The first-order chi connectivity index (χ1) is 10.7. The SMILES string of the molecule is CC(C)(C)OC(=O)N1CC2C(C1)C2C(O)c1ccc(Cl)c(Cl)c1. The van der Waals surface area contributed by atoms with Gasteiger partial charge in [-0.2, -0.15) is 0 Å². The molecular weight excluding hydrogens is 337 g/mol. The Labute approximate surface area is 146 Å². The lowest BCUT2D eigenvalue weighted by Crippen LogP contribution is -2.37. The van der Waals surface area contributed by atoms with Gasteiger partial charge in [0.2, 0.25) is 0 Å². The van der Waals surface area contributed by atoms with Gasteiger partial charge in [-0.15, -0.1) is 0 Å². The topological polar surface area (TPSA) is 49.8 Å². The number of rotatable bonds is 2. The number of likely N-dealkylation sites (tertiary alicyclic amines) is 1. The first-order valence-electron chi connectivity index (χ1n) is 7.78. The van der Waals surface area contributed by atoms with Crippen molar-refractivity contribution in [3.63, 3.8) is 0 Å². The molecule has 1 aliphatic heterocycles. The Bertz CT molecular complexity index is 617. The number of hydrogen-bond donors (Lipinski definition) is 1. The second-order valence-corrected chi connectivity index (χ2v) is 8.22. The summed E-state index contributed by atoms with van der Waals surface area (Å²) >= 11 is 11.9. The number of aliphatic hydroxyl groups excluding tert-OH is 1. The lowest BCUT2D eigenvalue weighted by Gasteiger charge is -2.26. The molecule has 3 atom stereocenters. The van der Waals surface area contributed by atoms with Gasteiger partial charge in [0.1, 0.15) is 5.60 Å². The minimum atomic E-state index is -0.569. The number of hydrogen-bond acceptors (Lipinski definition) is 3. The van der Waals surface area contributed by atoms with Crippen LogP contribution in [0.3, 0.4) is 0 Å². The minimum Gasteiger partial charge on any atom is -0.444 e. The van der Waals surface area contributed by atoms with E-state index < -0.39 is 11.7 Å². The number of fused-ring (bicyclic) bond motifs is 1. The highest BCUT2D eigenvalue weighted by molar-refractivity contribution is 6.42. The molecule has 1 aliphatic carbocycles. The normalized spacial score (nSPS) is 27.6. The van der Waals surface area contributed by atoms with Crippen LogP contribution >= 0.6 is 23.2 Å². The van der Waals surface area contributed by atoms with Gasteiger partial charge in [-0.25, -0.2) is 4.79 Å². The van der Waals surface area contributed by atoms with Crippen LogP contribution in [0.2, 0.25) is 10.0 Å². The molecule has 1 saturated heterocycles.